The first-order valence-electron chi connectivity index (χ1n) is 9.54. The molecule has 7 heteroatoms. The van der Waals surface area contributed by atoms with Gasteiger partial charge in [0.25, 0.3) is 0 Å². The number of hydrogen-bond donors (Lipinski definition) is 0. The topological polar surface area (TPSA) is 19.4 Å². The second kappa shape index (κ2) is 7.26. The van der Waals surface area contributed by atoms with Crippen LogP contribution in [0.1, 0.15) is 43.7 Å². The first-order chi connectivity index (χ1) is 13.3. The monoisotopic (exact) mass is 407 g/mol. The van der Waals surface area contributed by atoms with E-state index in [1.54, 1.807) is 24.3 Å². The summed E-state index contributed by atoms with van der Waals surface area (Å²) in [6, 6.07) is 8.85. The summed E-state index contributed by atoms with van der Waals surface area (Å²) in [7, 11) is 0. The molecule has 1 aromatic heterocycles. The van der Waals surface area contributed by atoms with Crippen molar-refractivity contribution < 1.29 is 13.2 Å². The molecule has 4 rings (SSSR count). The fourth-order valence-corrected chi connectivity index (χ4v) is 4.57. The fourth-order valence-electron chi connectivity index (χ4n) is 4.03. The molecule has 1 aliphatic heterocycles. The zero-order chi connectivity index (χ0) is 19.9. The van der Waals surface area contributed by atoms with Crippen LogP contribution in [0.5, 0.6) is 0 Å². The first-order valence-corrected chi connectivity index (χ1v) is 10.4. The standard InChI is InChI=1S/C21H24F3N3S/c1-15(2)19-11-25-10-7-16(19)12-27-14-26(13-20(27)8-9-20)17-3-5-18(6-4-17)28-21(22,23)24/h3-7,10-11,15H,8-9,12-14H2,1-2H3. The van der Waals surface area contributed by atoms with Gasteiger partial charge in [-0.05, 0) is 72.0 Å². The Balaban J connectivity index is 1.48. The van der Waals surface area contributed by atoms with Gasteiger partial charge in [-0.1, -0.05) is 13.8 Å². The van der Waals surface area contributed by atoms with Crippen LogP contribution in [0.25, 0.3) is 0 Å². The van der Waals surface area contributed by atoms with Gasteiger partial charge >= 0.3 is 5.51 Å². The molecule has 0 radical (unpaired) electrons. The van der Waals surface area contributed by atoms with Crippen molar-refractivity contribution in [2.75, 3.05) is 18.1 Å². The Hall–Kier alpha value is -1.73. The second-order valence-electron chi connectivity index (χ2n) is 8.03. The Bertz CT molecular complexity index is 832. The number of alkyl halides is 3. The van der Waals surface area contributed by atoms with Gasteiger partial charge in [0, 0.05) is 41.6 Å². The van der Waals surface area contributed by atoms with Gasteiger partial charge < -0.3 is 4.90 Å². The average molecular weight is 408 g/mol. The Morgan fingerprint density at radius 2 is 1.86 bits per heavy atom. The van der Waals surface area contributed by atoms with Gasteiger partial charge in [-0.25, -0.2) is 0 Å². The van der Waals surface area contributed by atoms with Crippen molar-refractivity contribution in [3.8, 4) is 0 Å². The number of pyridine rings is 1. The van der Waals surface area contributed by atoms with Crippen LogP contribution in [0.2, 0.25) is 0 Å². The second-order valence-corrected chi connectivity index (χ2v) is 9.17. The Morgan fingerprint density at radius 1 is 1.14 bits per heavy atom. The van der Waals surface area contributed by atoms with Gasteiger partial charge in [-0.15, -0.1) is 0 Å². The van der Waals surface area contributed by atoms with Crippen LogP contribution in [0.15, 0.2) is 47.6 Å². The highest BCUT2D eigenvalue weighted by Crippen LogP contribution is 2.48. The predicted molar refractivity (Wildman–Crippen MR) is 106 cm³/mol. The van der Waals surface area contributed by atoms with Crippen molar-refractivity contribution in [3.05, 3.63) is 53.9 Å². The van der Waals surface area contributed by atoms with Crippen molar-refractivity contribution in [3.63, 3.8) is 0 Å². The summed E-state index contributed by atoms with van der Waals surface area (Å²) in [6.07, 6.45) is 6.16. The summed E-state index contributed by atoms with van der Waals surface area (Å²) in [6.45, 7) is 6.98. The van der Waals surface area contributed by atoms with Crippen LogP contribution in [0.4, 0.5) is 18.9 Å². The Kier molecular flexibility index (Phi) is 5.08. The number of aromatic nitrogens is 1. The van der Waals surface area contributed by atoms with E-state index < -0.39 is 5.51 Å². The average Bonchev–Trinajstić information content (AvgIpc) is 3.32. The number of rotatable bonds is 5. The summed E-state index contributed by atoms with van der Waals surface area (Å²) in [4.78, 5) is 9.31. The smallest absolute Gasteiger partial charge is 0.357 e. The molecule has 2 aliphatic rings. The molecular formula is C21H24F3N3S. The highest BCUT2D eigenvalue weighted by molar-refractivity contribution is 8.00. The lowest BCUT2D eigenvalue weighted by Crippen LogP contribution is -2.32. The summed E-state index contributed by atoms with van der Waals surface area (Å²) in [5.41, 5.74) is -0.459. The lowest BCUT2D eigenvalue weighted by Gasteiger charge is -2.24. The van der Waals surface area contributed by atoms with Gasteiger partial charge in [-0.2, -0.15) is 13.2 Å². The van der Waals surface area contributed by atoms with Gasteiger partial charge in [0.05, 0.1) is 6.67 Å². The maximum atomic E-state index is 12.5. The third-order valence-corrected chi connectivity index (χ3v) is 6.43. The van der Waals surface area contributed by atoms with E-state index in [1.165, 1.54) is 24.0 Å². The van der Waals surface area contributed by atoms with Crippen molar-refractivity contribution in [2.45, 2.75) is 55.1 Å². The molecule has 1 saturated carbocycles. The number of benzene rings is 1. The minimum absolute atomic E-state index is 0.0641. The molecule has 0 atom stereocenters. The quantitative estimate of drug-likeness (QED) is 0.598. The molecule has 1 aliphatic carbocycles. The van der Waals surface area contributed by atoms with Gasteiger partial charge in [0.1, 0.15) is 0 Å². The summed E-state index contributed by atoms with van der Waals surface area (Å²) in [5, 5.41) is 0. The van der Waals surface area contributed by atoms with Gasteiger partial charge in [0.15, 0.2) is 0 Å². The van der Waals surface area contributed by atoms with E-state index >= 15 is 0 Å². The zero-order valence-electron chi connectivity index (χ0n) is 16.0. The van der Waals surface area contributed by atoms with E-state index in [4.69, 9.17) is 0 Å². The normalized spacial score (nSPS) is 19.0. The van der Waals surface area contributed by atoms with Crippen molar-refractivity contribution in [1.29, 1.82) is 0 Å². The number of nitrogens with zero attached hydrogens (tertiary/aromatic N) is 3. The third-order valence-electron chi connectivity index (χ3n) is 5.69. The van der Waals surface area contributed by atoms with Crippen LogP contribution in [0.3, 0.4) is 0 Å². The highest BCUT2D eigenvalue weighted by atomic mass is 32.2. The molecule has 0 unspecified atom stereocenters. The molecule has 0 bridgehead atoms. The fraction of sp³-hybridized carbons (Fsp3) is 0.476. The zero-order valence-corrected chi connectivity index (χ0v) is 16.9. The highest BCUT2D eigenvalue weighted by Gasteiger charge is 2.53. The van der Waals surface area contributed by atoms with Crippen molar-refractivity contribution >= 4 is 17.4 Å². The van der Waals surface area contributed by atoms with E-state index in [9.17, 15) is 13.2 Å². The van der Waals surface area contributed by atoms with E-state index in [1.807, 2.05) is 12.4 Å². The van der Waals surface area contributed by atoms with Crippen LogP contribution >= 0.6 is 11.8 Å². The molecule has 2 fully saturated rings. The molecule has 0 amide bonds. The minimum atomic E-state index is -4.25. The maximum Gasteiger partial charge on any atom is 0.446 e. The van der Waals surface area contributed by atoms with Crippen LogP contribution in [-0.2, 0) is 6.54 Å². The van der Waals surface area contributed by atoms with Crippen LogP contribution in [0, 0.1) is 0 Å². The molecule has 150 valence electrons. The Labute approximate surface area is 167 Å². The number of anilines is 1. The molecular weight excluding hydrogens is 383 g/mol. The minimum Gasteiger partial charge on any atom is -0.357 e. The van der Waals surface area contributed by atoms with E-state index in [0.29, 0.717) is 5.92 Å². The first kappa shape index (κ1) is 19.6. The summed E-state index contributed by atoms with van der Waals surface area (Å²) < 4.78 is 37.6. The van der Waals surface area contributed by atoms with Crippen molar-refractivity contribution in [2.24, 2.45) is 0 Å². The molecule has 1 spiro atoms. The van der Waals surface area contributed by atoms with E-state index in [-0.39, 0.29) is 22.2 Å². The van der Waals surface area contributed by atoms with Crippen LogP contribution in [-0.4, -0.2) is 34.1 Å². The maximum absolute atomic E-state index is 12.5. The Morgan fingerprint density at radius 3 is 2.46 bits per heavy atom. The van der Waals surface area contributed by atoms with E-state index in [0.717, 1.165) is 25.4 Å². The molecule has 2 aromatic rings. The number of hydrogen-bond acceptors (Lipinski definition) is 4. The molecule has 0 N–H and O–H groups in total. The molecule has 1 aromatic carbocycles. The van der Waals surface area contributed by atoms with Crippen molar-refractivity contribution in [1.82, 2.24) is 9.88 Å². The largest absolute Gasteiger partial charge is 0.446 e. The number of thioether (sulfide) groups is 1. The van der Waals surface area contributed by atoms with Gasteiger partial charge in [0.2, 0.25) is 0 Å². The third kappa shape index (κ3) is 4.15. The number of halogens is 3. The molecule has 28 heavy (non-hydrogen) atoms. The van der Waals surface area contributed by atoms with Crippen LogP contribution < -0.4 is 4.90 Å². The molecule has 1 saturated heterocycles. The SMILES string of the molecule is CC(C)c1cnccc1CN1CN(c2ccc(SC(F)(F)F)cc2)CC12CC2. The molecule has 2 heterocycles. The van der Waals surface area contributed by atoms with Gasteiger partial charge in [-0.3, -0.25) is 9.88 Å². The molecule has 3 nitrogen and oxygen atoms in total. The predicted octanol–water partition coefficient (Wildman–Crippen LogP) is 5.63. The van der Waals surface area contributed by atoms with E-state index in [2.05, 4.69) is 34.7 Å². The lowest BCUT2D eigenvalue weighted by atomic mass is 9.99. The summed E-state index contributed by atoms with van der Waals surface area (Å²) >= 11 is -0.0641. The lowest BCUT2D eigenvalue weighted by molar-refractivity contribution is -0.0328. The summed E-state index contributed by atoms with van der Waals surface area (Å²) in [5.74, 6) is 0.427.